The standard InChI is InChI=1S/C13H10O2/c1-2-3-4-10-5-6-11-7-8-13(14)15-12(11)9-10/h2-9H,1H2/b4-3-. The molecule has 2 heteroatoms. The van der Waals surface area contributed by atoms with E-state index in [4.69, 9.17) is 4.42 Å². The topological polar surface area (TPSA) is 30.2 Å². The summed E-state index contributed by atoms with van der Waals surface area (Å²) in [5.41, 5.74) is 1.26. The van der Waals surface area contributed by atoms with Gasteiger partial charge in [0.05, 0.1) is 0 Å². The quantitative estimate of drug-likeness (QED) is 0.548. The van der Waals surface area contributed by atoms with Crippen LogP contribution in [0.2, 0.25) is 0 Å². The number of benzene rings is 1. The second-order valence-corrected chi connectivity index (χ2v) is 3.15. The zero-order valence-corrected chi connectivity index (χ0v) is 8.14. The lowest BCUT2D eigenvalue weighted by Gasteiger charge is -1.96. The molecule has 0 spiro atoms. The summed E-state index contributed by atoms with van der Waals surface area (Å²) in [4.78, 5) is 11.0. The molecule has 0 atom stereocenters. The number of hydrogen-bond acceptors (Lipinski definition) is 2. The first kappa shape index (κ1) is 9.46. The molecule has 0 saturated carbocycles. The summed E-state index contributed by atoms with van der Waals surface area (Å²) in [5, 5.41) is 0.922. The molecule has 0 amide bonds. The van der Waals surface area contributed by atoms with E-state index in [1.807, 2.05) is 30.4 Å². The minimum Gasteiger partial charge on any atom is -0.423 e. The smallest absolute Gasteiger partial charge is 0.336 e. The van der Waals surface area contributed by atoms with Crippen LogP contribution < -0.4 is 5.63 Å². The fourth-order valence-corrected chi connectivity index (χ4v) is 1.36. The van der Waals surface area contributed by atoms with Gasteiger partial charge in [0, 0.05) is 11.5 Å². The third-order valence-electron chi connectivity index (χ3n) is 2.07. The molecule has 0 N–H and O–H groups in total. The SMILES string of the molecule is C=C/C=C\c1ccc2ccc(=O)oc2c1. The van der Waals surface area contributed by atoms with Crippen LogP contribution in [0.1, 0.15) is 5.56 Å². The number of hydrogen-bond donors (Lipinski definition) is 0. The Labute approximate surface area is 87.2 Å². The van der Waals surface area contributed by atoms with E-state index < -0.39 is 0 Å². The normalized spacial score (nSPS) is 10.9. The third kappa shape index (κ3) is 2.05. The fraction of sp³-hybridized carbons (Fsp3) is 0. The summed E-state index contributed by atoms with van der Waals surface area (Å²) >= 11 is 0. The lowest BCUT2D eigenvalue weighted by molar-refractivity contribution is 0.561. The maximum absolute atomic E-state index is 11.0. The summed E-state index contributed by atoms with van der Waals surface area (Å²) in [6.45, 7) is 3.59. The Morgan fingerprint density at radius 2 is 2.00 bits per heavy atom. The zero-order valence-electron chi connectivity index (χ0n) is 8.14. The highest BCUT2D eigenvalue weighted by atomic mass is 16.4. The van der Waals surface area contributed by atoms with Crippen LogP contribution in [0.3, 0.4) is 0 Å². The van der Waals surface area contributed by atoms with Crippen LogP contribution in [0, 0.1) is 0 Å². The lowest BCUT2D eigenvalue weighted by Crippen LogP contribution is -1.94. The van der Waals surface area contributed by atoms with Gasteiger partial charge in [0.2, 0.25) is 0 Å². The number of fused-ring (bicyclic) bond motifs is 1. The van der Waals surface area contributed by atoms with Gasteiger partial charge in [-0.3, -0.25) is 0 Å². The Morgan fingerprint density at radius 1 is 1.20 bits per heavy atom. The average molecular weight is 198 g/mol. The van der Waals surface area contributed by atoms with Gasteiger partial charge in [0.1, 0.15) is 5.58 Å². The summed E-state index contributed by atoms with van der Waals surface area (Å²) in [6.07, 6.45) is 5.44. The predicted octanol–water partition coefficient (Wildman–Crippen LogP) is 2.99. The van der Waals surface area contributed by atoms with Gasteiger partial charge in [-0.25, -0.2) is 4.79 Å². The Morgan fingerprint density at radius 3 is 2.80 bits per heavy atom. The Balaban J connectivity index is 2.58. The van der Waals surface area contributed by atoms with Crippen LogP contribution in [0.15, 0.2) is 58.3 Å². The molecule has 0 saturated heterocycles. The highest BCUT2D eigenvalue weighted by molar-refractivity contribution is 5.79. The van der Waals surface area contributed by atoms with Crippen LogP contribution in [-0.2, 0) is 0 Å². The van der Waals surface area contributed by atoms with E-state index in [0.29, 0.717) is 5.58 Å². The molecule has 1 aromatic heterocycles. The maximum Gasteiger partial charge on any atom is 0.336 e. The molecule has 1 heterocycles. The van der Waals surface area contributed by atoms with Crippen molar-refractivity contribution in [3.8, 4) is 0 Å². The van der Waals surface area contributed by atoms with E-state index in [1.54, 1.807) is 12.1 Å². The molecule has 2 aromatic rings. The number of rotatable bonds is 2. The first-order valence-corrected chi connectivity index (χ1v) is 4.62. The van der Waals surface area contributed by atoms with Crippen molar-refractivity contribution in [1.29, 1.82) is 0 Å². The van der Waals surface area contributed by atoms with Crippen molar-refractivity contribution in [3.05, 3.63) is 65.0 Å². The average Bonchev–Trinajstić information content (AvgIpc) is 2.25. The molecule has 1 aromatic carbocycles. The van der Waals surface area contributed by atoms with Gasteiger partial charge in [0.25, 0.3) is 0 Å². The van der Waals surface area contributed by atoms with E-state index in [1.165, 1.54) is 6.07 Å². The molecule has 0 aliphatic rings. The van der Waals surface area contributed by atoms with Crippen molar-refractivity contribution in [2.24, 2.45) is 0 Å². The summed E-state index contributed by atoms with van der Waals surface area (Å²) in [7, 11) is 0. The molecule has 0 radical (unpaired) electrons. The summed E-state index contributed by atoms with van der Waals surface area (Å²) in [6, 6.07) is 8.88. The molecule has 15 heavy (non-hydrogen) atoms. The molecule has 0 aliphatic heterocycles. The van der Waals surface area contributed by atoms with E-state index in [0.717, 1.165) is 10.9 Å². The van der Waals surface area contributed by atoms with Gasteiger partial charge >= 0.3 is 5.63 Å². The van der Waals surface area contributed by atoms with E-state index >= 15 is 0 Å². The Hall–Kier alpha value is -2.09. The maximum atomic E-state index is 11.0. The molecular weight excluding hydrogens is 188 g/mol. The van der Waals surface area contributed by atoms with Gasteiger partial charge in [-0.15, -0.1) is 0 Å². The van der Waals surface area contributed by atoms with Crippen molar-refractivity contribution in [3.63, 3.8) is 0 Å². The molecule has 2 nitrogen and oxygen atoms in total. The minimum atomic E-state index is -0.327. The van der Waals surface area contributed by atoms with Crippen molar-refractivity contribution < 1.29 is 4.42 Å². The van der Waals surface area contributed by atoms with Crippen LogP contribution in [0.5, 0.6) is 0 Å². The molecule has 0 fully saturated rings. The van der Waals surface area contributed by atoms with Crippen molar-refractivity contribution in [2.45, 2.75) is 0 Å². The van der Waals surface area contributed by atoms with Gasteiger partial charge in [0.15, 0.2) is 0 Å². The van der Waals surface area contributed by atoms with Crippen LogP contribution >= 0.6 is 0 Å². The Kier molecular flexibility index (Phi) is 2.50. The van der Waals surface area contributed by atoms with Gasteiger partial charge in [-0.2, -0.15) is 0 Å². The first-order chi connectivity index (χ1) is 7.29. The van der Waals surface area contributed by atoms with E-state index in [9.17, 15) is 4.79 Å². The molecule has 0 bridgehead atoms. The highest BCUT2D eigenvalue weighted by Gasteiger charge is 1.96. The largest absolute Gasteiger partial charge is 0.423 e. The lowest BCUT2D eigenvalue weighted by atomic mass is 10.1. The van der Waals surface area contributed by atoms with E-state index in [2.05, 4.69) is 6.58 Å². The molecule has 0 unspecified atom stereocenters. The van der Waals surface area contributed by atoms with E-state index in [-0.39, 0.29) is 5.63 Å². The second kappa shape index (κ2) is 3.96. The second-order valence-electron chi connectivity index (χ2n) is 3.15. The summed E-state index contributed by atoms with van der Waals surface area (Å²) < 4.78 is 5.07. The van der Waals surface area contributed by atoms with Gasteiger partial charge < -0.3 is 4.42 Å². The van der Waals surface area contributed by atoms with Crippen LogP contribution in [0.25, 0.3) is 17.0 Å². The number of allylic oxidation sites excluding steroid dienone is 2. The Bertz CT molecular complexity index is 576. The predicted molar refractivity (Wildman–Crippen MR) is 61.7 cm³/mol. The fourth-order valence-electron chi connectivity index (χ4n) is 1.36. The van der Waals surface area contributed by atoms with Gasteiger partial charge in [-0.05, 0) is 17.7 Å². The zero-order chi connectivity index (χ0) is 10.7. The molecule has 0 aliphatic carbocycles. The van der Waals surface area contributed by atoms with Crippen molar-refractivity contribution >= 4 is 17.0 Å². The molecule has 74 valence electrons. The van der Waals surface area contributed by atoms with Crippen molar-refractivity contribution in [2.75, 3.05) is 0 Å². The molecule has 2 rings (SSSR count). The van der Waals surface area contributed by atoms with Crippen molar-refractivity contribution in [1.82, 2.24) is 0 Å². The molecular formula is C13H10O2. The van der Waals surface area contributed by atoms with Gasteiger partial charge in [-0.1, -0.05) is 36.9 Å². The first-order valence-electron chi connectivity index (χ1n) is 4.62. The third-order valence-corrected chi connectivity index (χ3v) is 2.07. The van der Waals surface area contributed by atoms with Crippen LogP contribution in [0.4, 0.5) is 0 Å². The minimum absolute atomic E-state index is 0.327. The van der Waals surface area contributed by atoms with Crippen LogP contribution in [-0.4, -0.2) is 0 Å². The highest BCUT2D eigenvalue weighted by Crippen LogP contribution is 2.14. The monoisotopic (exact) mass is 198 g/mol. The summed E-state index contributed by atoms with van der Waals surface area (Å²) in [5.74, 6) is 0.